The Morgan fingerprint density at radius 2 is 2.41 bits per heavy atom. The molecule has 2 rings (SSSR count). The van der Waals surface area contributed by atoms with Gasteiger partial charge >= 0.3 is 0 Å². The average molecular weight is 236 g/mol. The summed E-state index contributed by atoms with van der Waals surface area (Å²) in [5.74, 6) is 2.53. The number of nitrogens with one attached hydrogen (secondary N) is 1. The molecule has 1 saturated heterocycles. The van der Waals surface area contributed by atoms with Gasteiger partial charge in [0.05, 0.1) is 6.61 Å². The predicted octanol–water partition coefficient (Wildman–Crippen LogP) is 1.38. The minimum atomic E-state index is 0.623. The van der Waals surface area contributed by atoms with Crippen LogP contribution in [0, 0.1) is 5.92 Å². The molecule has 0 amide bonds. The standard InChI is InChI=1S/C12H20N4O/c1-3-13-11-6-12(15-9-14-11)16-5-4-10(7-16)8-17-2/h6,9-10H,3-5,7-8H2,1-2H3,(H,13,14,15). The van der Waals surface area contributed by atoms with Gasteiger partial charge in [0.15, 0.2) is 0 Å². The Balaban J connectivity index is 2.00. The Morgan fingerprint density at radius 3 is 3.18 bits per heavy atom. The van der Waals surface area contributed by atoms with Crippen LogP contribution in [0.25, 0.3) is 0 Å². The molecule has 0 radical (unpaired) electrons. The molecule has 1 aliphatic heterocycles. The Hall–Kier alpha value is -1.36. The summed E-state index contributed by atoms with van der Waals surface area (Å²) in [7, 11) is 1.76. The van der Waals surface area contributed by atoms with E-state index in [0.717, 1.165) is 37.9 Å². The summed E-state index contributed by atoms with van der Waals surface area (Å²) in [6, 6.07) is 2.01. The van der Waals surface area contributed by atoms with E-state index in [1.807, 2.05) is 6.07 Å². The van der Waals surface area contributed by atoms with Crippen molar-refractivity contribution in [1.29, 1.82) is 0 Å². The number of nitrogens with zero attached hydrogens (tertiary/aromatic N) is 3. The van der Waals surface area contributed by atoms with E-state index < -0.39 is 0 Å². The van der Waals surface area contributed by atoms with E-state index in [-0.39, 0.29) is 0 Å². The van der Waals surface area contributed by atoms with E-state index in [1.165, 1.54) is 6.42 Å². The van der Waals surface area contributed by atoms with Crippen LogP contribution in [-0.2, 0) is 4.74 Å². The normalized spacial score (nSPS) is 19.6. The topological polar surface area (TPSA) is 50.3 Å². The first-order chi connectivity index (χ1) is 8.33. The van der Waals surface area contributed by atoms with E-state index in [4.69, 9.17) is 4.74 Å². The van der Waals surface area contributed by atoms with Crippen molar-refractivity contribution in [3.05, 3.63) is 12.4 Å². The summed E-state index contributed by atoms with van der Waals surface area (Å²) in [6.07, 6.45) is 2.80. The summed E-state index contributed by atoms with van der Waals surface area (Å²) >= 11 is 0. The van der Waals surface area contributed by atoms with Crippen LogP contribution in [0.2, 0.25) is 0 Å². The van der Waals surface area contributed by atoms with Crippen LogP contribution in [0.1, 0.15) is 13.3 Å². The second-order valence-electron chi connectivity index (χ2n) is 4.35. The fraction of sp³-hybridized carbons (Fsp3) is 0.667. The van der Waals surface area contributed by atoms with E-state index in [2.05, 4.69) is 27.1 Å². The molecule has 1 aliphatic rings. The first-order valence-corrected chi connectivity index (χ1v) is 6.13. The van der Waals surface area contributed by atoms with Crippen molar-refractivity contribution in [2.24, 2.45) is 5.92 Å². The predicted molar refractivity (Wildman–Crippen MR) is 68.4 cm³/mol. The number of rotatable bonds is 5. The summed E-state index contributed by atoms with van der Waals surface area (Å²) in [5.41, 5.74) is 0. The van der Waals surface area contributed by atoms with Gasteiger partial charge in [0.2, 0.25) is 0 Å². The monoisotopic (exact) mass is 236 g/mol. The minimum absolute atomic E-state index is 0.623. The lowest BCUT2D eigenvalue weighted by Gasteiger charge is -2.17. The molecule has 0 bridgehead atoms. The maximum atomic E-state index is 5.20. The van der Waals surface area contributed by atoms with Crippen molar-refractivity contribution < 1.29 is 4.74 Å². The van der Waals surface area contributed by atoms with Crippen LogP contribution < -0.4 is 10.2 Å². The third kappa shape index (κ3) is 3.06. The second-order valence-corrected chi connectivity index (χ2v) is 4.35. The van der Waals surface area contributed by atoms with Gasteiger partial charge in [-0.25, -0.2) is 9.97 Å². The zero-order chi connectivity index (χ0) is 12.1. The molecule has 1 atom stereocenters. The first kappa shape index (κ1) is 12.1. The van der Waals surface area contributed by atoms with E-state index >= 15 is 0 Å². The van der Waals surface area contributed by atoms with Gasteiger partial charge in [-0.3, -0.25) is 0 Å². The molecule has 1 aromatic rings. The summed E-state index contributed by atoms with van der Waals surface area (Å²) < 4.78 is 5.20. The molecule has 1 aromatic heterocycles. The number of aromatic nitrogens is 2. The molecule has 5 heteroatoms. The van der Waals surface area contributed by atoms with Crippen molar-refractivity contribution in [3.63, 3.8) is 0 Å². The van der Waals surface area contributed by atoms with Gasteiger partial charge in [-0.2, -0.15) is 0 Å². The van der Waals surface area contributed by atoms with Crippen molar-refractivity contribution in [1.82, 2.24) is 9.97 Å². The Bertz CT molecular complexity index is 358. The highest BCUT2D eigenvalue weighted by Crippen LogP contribution is 2.23. The van der Waals surface area contributed by atoms with Gasteiger partial charge in [-0.15, -0.1) is 0 Å². The SMILES string of the molecule is CCNc1cc(N2CCC(COC)C2)ncn1. The van der Waals surface area contributed by atoms with Crippen molar-refractivity contribution >= 4 is 11.6 Å². The van der Waals surface area contributed by atoms with E-state index in [0.29, 0.717) is 5.92 Å². The van der Waals surface area contributed by atoms with Crippen LogP contribution in [0.3, 0.4) is 0 Å². The van der Waals surface area contributed by atoms with Crippen molar-refractivity contribution in [3.8, 4) is 0 Å². The molecule has 1 unspecified atom stereocenters. The quantitative estimate of drug-likeness (QED) is 0.837. The molecule has 1 fully saturated rings. The third-order valence-electron chi connectivity index (χ3n) is 3.02. The lowest BCUT2D eigenvalue weighted by atomic mass is 10.1. The largest absolute Gasteiger partial charge is 0.384 e. The highest BCUT2D eigenvalue weighted by Gasteiger charge is 2.23. The molecule has 2 heterocycles. The van der Waals surface area contributed by atoms with E-state index in [1.54, 1.807) is 13.4 Å². The molecule has 0 aliphatic carbocycles. The van der Waals surface area contributed by atoms with Gasteiger partial charge in [-0.05, 0) is 13.3 Å². The molecule has 0 saturated carbocycles. The maximum absolute atomic E-state index is 5.20. The molecule has 17 heavy (non-hydrogen) atoms. The molecule has 5 nitrogen and oxygen atoms in total. The first-order valence-electron chi connectivity index (χ1n) is 6.13. The fourth-order valence-electron chi connectivity index (χ4n) is 2.21. The van der Waals surface area contributed by atoms with Gasteiger partial charge < -0.3 is 15.0 Å². The van der Waals surface area contributed by atoms with Crippen molar-refractivity contribution in [2.45, 2.75) is 13.3 Å². The summed E-state index contributed by atoms with van der Waals surface area (Å²) in [5, 5.41) is 3.21. The molecule has 94 valence electrons. The maximum Gasteiger partial charge on any atom is 0.134 e. The van der Waals surface area contributed by atoms with Crippen LogP contribution in [0.5, 0.6) is 0 Å². The number of anilines is 2. The van der Waals surface area contributed by atoms with Crippen LogP contribution in [-0.4, -0.2) is 43.3 Å². The Labute approximate surface area is 102 Å². The minimum Gasteiger partial charge on any atom is -0.384 e. The molecule has 0 aromatic carbocycles. The van der Waals surface area contributed by atoms with Crippen LogP contribution in [0.4, 0.5) is 11.6 Å². The van der Waals surface area contributed by atoms with Gasteiger partial charge in [-0.1, -0.05) is 0 Å². The Kier molecular flexibility index (Phi) is 4.14. The number of hydrogen-bond acceptors (Lipinski definition) is 5. The third-order valence-corrected chi connectivity index (χ3v) is 3.02. The lowest BCUT2D eigenvalue weighted by Crippen LogP contribution is -2.22. The Morgan fingerprint density at radius 1 is 1.53 bits per heavy atom. The van der Waals surface area contributed by atoms with E-state index in [9.17, 15) is 0 Å². The van der Waals surface area contributed by atoms with Crippen molar-refractivity contribution in [2.75, 3.05) is 43.6 Å². The van der Waals surface area contributed by atoms with Crippen LogP contribution in [0.15, 0.2) is 12.4 Å². The molecular formula is C12H20N4O. The van der Waals surface area contributed by atoms with Crippen LogP contribution >= 0.6 is 0 Å². The van der Waals surface area contributed by atoms with Gasteiger partial charge in [0.25, 0.3) is 0 Å². The zero-order valence-electron chi connectivity index (χ0n) is 10.5. The smallest absolute Gasteiger partial charge is 0.134 e. The molecular weight excluding hydrogens is 216 g/mol. The van der Waals surface area contributed by atoms with Gasteiger partial charge in [0, 0.05) is 38.7 Å². The lowest BCUT2D eigenvalue weighted by molar-refractivity contribution is 0.161. The number of hydrogen-bond donors (Lipinski definition) is 1. The van der Waals surface area contributed by atoms with Gasteiger partial charge in [0.1, 0.15) is 18.0 Å². The summed E-state index contributed by atoms with van der Waals surface area (Å²) in [4.78, 5) is 10.8. The number of ether oxygens (including phenoxy) is 1. The molecule has 1 N–H and O–H groups in total. The summed E-state index contributed by atoms with van der Waals surface area (Å²) in [6.45, 7) is 5.85. The highest BCUT2D eigenvalue weighted by atomic mass is 16.5. The average Bonchev–Trinajstić information content (AvgIpc) is 2.79. The second kappa shape index (κ2) is 5.82. The number of methoxy groups -OCH3 is 1. The highest BCUT2D eigenvalue weighted by molar-refractivity contribution is 5.48. The molecule has 0 spiro atoms. The fourth-order valence-corrected chi connectivity index (χ4v) is 2.21. The zero-order valence-corrected chi connectivity index (χ0v) is 10.5.